The summed E-state index contributed by atoms with van der Waals surface area (Å²) in [6.07, 6.45) is 4.12. The molecule has 0 saturated carbocycles. The lowest BCUT2D eigenvalue weighted by atomic mass is 10.2. The van der Waals surface area contributed by atoms with E-state index in [-0.39, 0.29) is 5.91 Å². The monoisotopic (exact) mass is 337 g/mol. The minimum atomic E-state index is 0.0779. The van der Waals surface area contributed by atoms with Crippen LogP contribution in [0.15, 0.2) is 78.2 Å². The van der Waals surface area contributed by atoms with Gasteiger partial charge in [0.05, 0.1) is 0 Å². The molecule has 2 aromatic carbocycles. The molecule has 5 heteroatoms. The number of carbonyl (C=O) groups is 1. The molecule has 122 valence electrons. The van der Waals surface area contributed by atoms with Crippen LogP contribution in [-0.2, 0) is 11.8 Å². The lowest BCUT2D eigenvalue weighted by molar-refractivity contribution is -0.117. The summed E-state index contributed by atoms with van der Waals surface area (Å²) < 4.78 is 1.96. The highest BCUT2D eigenvalue weighted by Gasteiger charge is 2.17. The largest absolute Gasteiger partial charge is 0.329 e. The van der Waals surface area contributed by atoms with Gasteiger partial charge in [-0.05, 0) is 24.3 Å². The SMILES string of the molecule is Cn1ccnc1SCCC(=O)N(c1ccccc1)c1ccccc1. The van der Waals surface area contributed by atoms with Gasteiger partial charge in [-0.1, -0.05) is 48.2 Å². The highest BCUT2D eigenvalue weighted by atomic mass is 32.2. The summed E-state index contributed by atoms with van der Waals surface area (Å²) in [7, 11) is 1.96. The van der Waals surface area contributed by atoms with Gasteiger partial charge in [-0.25, -0.2) is 4.98 Å². The van der Waals surface area contributed by atoms with Crippen LogP contribution in [0.3, 0.4) is 0 Å². The molecule has 0 saturated heterocycles. The molecule has 0 atom stereocenters. The Morgan fingerprint density at radius 2 is 1.62 bits per heavy atom. The van der Waals surface area contributed by atoms with Crippen LogP contribution < -0.4 is 4.90 Å². The summed E-state index contributed by atoms with van der Waals surface area (Å²) in [4.78, 5) is 18.9. The zero-order valence-corrected chi connectivity index (χ0v) is 14.3. The maximum atomic E-state index is 12.8. The van der Waals surface area contributed by atoms with Gasteiger partial charge in [-0.3, -0.25) is 9.69 Å². The summed E-state index contributed by atoms with van der Waals surface area (Å²) in [6, 6.07) is 19.5. The second kappa shape index (κ2) is 7.84. The maximum Gasteiger partial charge on any atom is 0.232 e. The number of aromatic nitrogens is 2. The van der Waals surface area contributed by atoms with Gasteiger partial charge < -0.3 is 4.57 Å². The fourth-order valence-electron chi connectivity index (χ4n) is 2.42. The zero-order valence-electron chi connectivity index (χ0n) is 13.5. The fourth-order valence-corrected chi connectivity index (χ4v) is 3.28. The lowest BCUT2D eigenvalue weighted by Crippen LogP contribution is -2.26. The predicted molar refractivity (Wildman–Crippen MR) is 98.6 cm³/mol. The molecule has 24 heavy (non-hydrogen) atoms. The van der Waals surface area contributed by atoms with E-state index in [4.69, 9.17) is 0 Å². The molecule has 4 nitrogen and oxygen atoms in total. The third-order valence-electron chi connectivity index (χ3n) is 3.60. The number of aryl methyl sites for hydroxylation is 1. The van der Waals surface area contributed by atoms with Crippen LogP contribution in [0.2, 0.25) is 0 Å². The smallest absolute Gasteiger partial charge is 0.232 e. The number of amides is 1. The van der Waals surface area contributed by atoms with Crippen molar-refractivity contribution >= 4 is 29.0 Å². The average molecular weight is 337 g/mol. The highest BCUT2D eigenvalue weighted by molar-refractivity contribution is 7.99. The number of para-hydroxylation sites is 2. The molecule has 0 aliphatic carbocycles. The summed E-state index contributed by atoms with van der Waals surface area (Å²) in [6.45, 7) is 0. The molecule has 3 aromatic rings. The number of thioether (sulfide) groups is 1. The van der Waals surface area contributed by atoms with Crippen molar-refractivity contribution in [2.45, 2.75) is 11.6 Å². The number of hydrogen-bond acceptors (Lipinski definition) is 3. The molecule has 3 rings (SSSR count). The first kappa shape index (κ1) is 16.3. The topological polar surface area (TPSA) is 38.1 Å². The number of imidazole rings is 1. The second-order valence-corrected chi connectivity index (χ2v) is 6.38. The number of anilines is 2. The van der Waals surface area contributed by atoms with Crippen LogP contribution in [0.25, 0.3) is 0 Å². The van der Waals surface area contributed by atoms with Crippen molar-refractivity contribution < 1.29 is 4.79 Å². The van der Waals surface area contributed by atoms with Gasteiger partial charge in [0.2, 0.25) is 5.91 Å². The van der Waals surface area contributed by atoms with Crippen LogP contribution in [0.1, 0.15) is 6.42 Å². The standard InChI is InChI=1S/C19H19N3OS/c1-21-14-13-20-19(21)24-15-12-18(23)22(16-8-4-2-5-9-16)17-10-6-3-7-11-17/h2-11,13-14H,12,15H2,1H3. The summed E-state index contributed by atoms with van der Waals surface area (Å²) in [5.74, 6) is 0.772. The zero-order chi connectivity index (χ0) is 16.8. The first-order valence-electron chi connectivity index (χ1n) is 7.79. The minimum absolute atomic E-state index is 0.0779. The molecule has 0 fully saturated rings. The summed E-state index contributed by atoms with van der Waals surface area (Å²) >= 11 is 1.59. The fraction of sp³-hybridized carbons (Fsp3) is 0.158. The Kier molecular flexibility index (Phi) is 5.33. The molecule has 0 spiro atoms. The molecule has 0 aliphatic heterocycles. The molecule has 1 heterocycles. The third kappa shape index (κ3) is 3.86. The lowest BCUT2D eigenvalue weighted by Gasteiger charge is -2.23. The quantitative estimate of drug-likeness (QED) is 0.631. The number of benzene rings is 2. The van der Waals surface area contributed by atoms with Gasteiger partial charge in [0, 0.05) is 43.0 Å². The Bertz CT molecular complexity index is 747. The van der Waals surface area contributed by atoms with E-state index < -0.39 is 0 Å². The average Bonchev–Trinajstić information content (AvgIpc) is 3.02. The normalized spacial score (nSPS) is 10.5. The number of nitrogens with zero attached hydrogens (tertiary/aromatic N) is 3. The number of carbonyl (C=O) groups excluding carboxylic acids is 1. The number of hydrogen-bond donors (Lipinski definition) is 0. The Labute approximate surface area is 146 Å². The van der Waals surface area contributed by atoms with Crippen LogP contribution >= 0.6 is 11.8 Å². The highest BCUT2D eigenvalue weighted by Crippen LogP contribution is 2.26. The van der Waals surface area contributed by atoms with Crippen molar-refractivity contribution in [3.05, 3.63) is 73.1 Å². The van der Waals surface area contributed by atoms with E-state index in [2.05, 4.69) is 4.98 Å². The molecule has 0 bridgehead atoms. The van der Waals surface area contributed by atoms with Crippen molar-refractivity contribution in [2.24, 2.45) is 7.05 Å². The van der Waals surface area contributed by atoms with Crippen molar-refractivity contribution in [1.82, 2.24) is 9.55 Å². The first-order chi connectivity index (χ1) is 11.8. The molecule has 0 unspecified atom stereocenters. The minimum Gasteiger partial charge on any atom is -0.329 e. The van der Waals surface area contributed by atoms with E-state index in [0.29, 0.717) is 12.2 Å². The molecule has 0 aliphatic rings. The van der Waals surface area contributed by atoms with E-state index in [1.807, 2.05) is 78.5 Å². The first-order valence-corrected chi connectivity index (χ1v) is 8.77. The van der Waals surface area contributed by atoms with Crippen LogP contribution in [0.4, 0.5) is 11.4 Å². The van der Waals surface area contributed by atoms with Crippen molar-refractivity contribution in [3.63, 3.8) is 0 Å². The Morgan fingerprint density at radius 1 is 1.04 bits per heavy atom. The Hall–Kier alpha value is -2.53. The van der Waals surface area contributed by atoms with Gasteiger partial charge in [0.15, 0.2) is 5.16 Å². The number of rotatable bonds is 6. The van der Waals surface area contributed by atoms with Crippen molar-refractivity contribution in [3.8, 4) is 0 Å². The summed E-state index contributed by atoms with van der Waals surface area (Å²) in [5.41, 5.74) is 1.77. The molecule has 0 radical (unpaired) electrons. The van der Waals surface area contributed by atoms with E-state index in [9.17, 15) is 4.79 Å². The summed E-state index contributed by atoms with van der Waals surface area (Å²) in [5, 5.41) is 0.925. The molecular weight excluding hydrogens is 318 g/mol. The van der Waals surface area contributed by atoms with Gasteiger partial charge in [0.1, 0.15) is 0 Å². The van der Waals surface area contributed by atoms with Crippen LogP contribution in [0, 0.1) is 0 Å². The predicted octanol–water partition coefficient (Wildman–Crippen LogP) is 4.27. The van der Waals surface area contributed by atoms with E-state index in [1.165, 1.54) is 0 Å². The third-order valence-corrected chi connectivity index (χ3v) is 4.66. The maximum absolute atomic E-state index is 12.8. The molecule has 0 N–H and O–H groups in total. The van der Waals surface area contributed by atoms with Crippen molar-refractivity contribution in [2.75, 3.05) is 10.7 Å². The molecule has 1 amide bonds. The second-order valence-electron chi connectivity index (χ2n) is 5.32. The van der Waals surface area contributed by atoms with Crippen LogP contribution in [0.5, 0.6) is 0 Å². The molecule has 1 aromatic heterocycles. The van der Waals surface area contributed by atoms with Crippen molar-refractivity contribution in [1.29, 1.82) is 0 Å². The van der Waals surface area contributed by atoms with Crippen LogP contribution in [-0.4, -0.2) is 21.2 Å². The van der Waals surface area contributed by atoms with E-state index in [1.54, 1.807) is 22.9 Å². The Balaban J connectivity index is 1.73. The van der Waals surface area contributed by atoms with Gasteiger partial charge in [-0.2, -0.15) is 0 Å². The van der Waals surface area contributed by atoms with Gasteiger partial charge in [0.25, 0.3) is 0 Å². The van der Waals surface area contributed by atoms with E-state index in [0.717, 1.165) is 16.5 Å². The Morgan fingerprint density at radius 3 is 2.12 bits per heavy atom. The van der Waals surface area contributed by atoms with Gasteiger partial charge >= 0.3 is 0 Å². The van der Waals surface area contributed by atoms with E-state index >= 15 is 0 Å². The molecular formula is C19H19N3OS. The van der Waals surface area contributed by atoms with Gasteiger partial charge in [-0.15, -0.1) is 0 Å².